The maximum absolute atomic E-state index is 8.68. The van der Waals surface area contributed by atoms with E-state index in [-0.39, 0.29) is 5.84 Å². The topological polar surface area (TPSA) is 61.8 Å². The molecule has 104 valence electrons. The van der Waals surface area contributed by atoms with Crippen molar-refractivity contribution in [1.29, 1.82) is 0 Å². The summed E-state index contributed by atoms with van der Waals surface area (Å²) in [5.41, 5.74) is 9.23. The maximum Gasteiger partial charge on any atom is 0.170 e. The summed E-state index contributed by atoms with van der Waals surface area (Å²) >= 11 is 6.29. The van der Waals surface area contributed by atoms with Crippen molar-refractivity contribution in [3.8, 4) is 0 Å². The van der Waals surface area contributed by atoms with Gasteiger partial charge in [-0.15, -0.1) is 0 Å². The number of rotatable bonds is 3. The van der Waals surface area contributed by atoms with Crippen LogP contribution in [0.5, 0.6) is 0 Å². The van der Waals surface area contributed by atoms with E-state index >= 15 is 0 Å². The summed E-state index contributed by atoms with van der Waals surface area (Å²) in [7, 11) is 1.95. The van der Waals surface area contributed by atoms with Crippen LogP contribution in [0.15, 0.2) is 47.6 Å². The lowest BCUT2D eigenvalue weighted by molar-refractivity contribution is 0.318. The number of aryl methyl sites for hydroxylation is 1. The Labute approximate surface area is 123 Å². The van der Waals surface area contributed by atoms with Gasteiger partial charge >= 0.3 is 0 Å². The summed E-state index contributed by atoms with van der Waals surface area (Å²) < 4.78 is 0. The average Bonchev–Trinajstić information content (AvgIpc) is 2.46. The first kappa shape index (κ1) is 14.2. The molecule has 0 atom stereocenters. The van der Waals surface area contributed by atoms with E-state index in [1.54, 1.807) is 12.1 Å². The van der Waals surface area contributed by atoms with Crippen LogP contribution < -0.4 is 10.6 Å². The van der Waals surface area contributed by atoms with Crippen molar-refractivity contribution in [2.45, 2.75) is 6.92 Å². The Hall–Kier alpha value is -2.20. The molecule has 0 saturated heterocycles. The molecule has 2 aromatic carbocycles. The van der Waals surface area contributed by atoms with Gasteiger partial charge in [-0.25, -0.2) is 0 Å². The molecular weight excluding hydrogens is 274 g/mol. The molecule has 20 heavy (non-hydrogen) atoms. The smallest absolute Gasteiger partial charge is 0.170 e. The van der Waals surface area contributed by atoms with Gasteiger partial charge in [0.1, 0.15) is 0 Å². The minimum absolute atomic E-state index is 0.0389. The predicted molar refractivity (Wildman–Crippen MR) is 83.2 cm³/mol. The first-order valence-electron chi connectivity index (χ1n) is 6.11. The molecule has 0 aliphatic rings. The van der Waals surface area contributed by atoms with E-state index in [1.165, 1.54) is 0 Å². The monoisotopic (exact) mass is 289 g/mol. The fraction of sp³-hybridized carbons (Fsp3) is 0.133. The highest BCUT2D eigenvalue weighted by atomic mass is 35.5. The second kappa shape index (κ2) is 5.84. The molecule has 0 unspecified atom stereocenters. The van der Waals surface area contributed by atoms with Crippen molar-refractivity contribution in [3.63, 3.8) is 0 Å². The van der Waals surface area contributed by atoms with Gasteiger partial charge in [0.25, 0.3) is 0 Å². The van der Waals surface area contributed by atoms with Gasteiger partial charge in [0.05, 0.1) is 10.7 Å². The third kappa shape index (κ3) is 2.70. The molecule has 0 bridgehead atoms. The van der Waals surface area contributed by atoms with Crippen LogP contribution in [0.25, 0.3) is 0 Å². The number of halogens is 1. The van der Waals surface area contributed by atoms with E-state index in [1.807, 2.05) is 49.2 Å². The van der Waals surface area contributed by atoms with Crippen LogP contribution in [0.2, 0.25) is 5.02 Å². The maximum atomic E-state index is 8.68. The number of para-hydroxylation sites is 1. The summed E-state index contributed by atoms with van der Waals surface area (Å²) in [5, 5.41) is 12.2. The molecule has 5 heteroatoms. The van der Waals surface area contributed by atoms with Crippen molar-refractivity contribution in [1.82, 2.24) is 0 Å². The molecule has 3 N–H and O–H groups in total. The van der Waals surface area contributed by atoms with Crippen molar-refractivity contribution < 1.29 is 5.21 Å². The minimum atomic E-state index is 0.0389. The number of hydrogen-bond donors (Lipinski definition) is 2. The Bertz CT molecular complexity index is 655. The van der Waals surface area contributed by atoms with E-state index in [4.69, 9.17) is 22.5 Å². The molecule has 0 amide bonds. The summed E-state index contributed by atoms with van der Waals surface area (Å²) in [5.74, 6) is 0.0389. The number of hydrogen-bond acceptors (Lipinski definition) is 3. The number of benzene rings is 2. The zero-order valence-corrected chi connectivity index (χ0v) is 12.1. The van der Waals surface area contributed by atoms with Gasteiger partial charge in [0.15, 0.2) is 5.84 Å². The quantitative estimate of drug-likeness (QED) is 0.393. The van der Waals surface area contributed by atoms with Gasteiger partial charge in [-0.2, -0.15) is 0 Å². The van der Waals surface area contributed by atoms with E-state index in [0.717, 1.165) is 16.9 Å². The number of anilines is 2. The van der Waals surface area contributed by atoms with Crippen LogP contribution in [-0.2, 0) is 0 Å². The summed E-state index contributed by atoms with van der Waals surface area (Å²) in [6, 6.07) is 13.4. The van der Waals surface area contributed by atoms with Gasteiger partial charge in [0, 0.05) is 18.3 Å². The fourth-order valence-corrected chi connectivity index (χ4v) is 2.37. The molecule has 0 spiro atoms. The van der Waals surface area contributed by atoms with Crippen LogP contribution in [0.4, 0.5) is 11.4 Å². The number of amidine groups is 1. The molecule has 2 rings (SSSR count). The second-order valence-electron chi connectivity index (χ2n) is 4.50. The molecular formula is C15H16ClN3O. The van der Waals surface area contributed by atoms with Crippen LogP contribution in [-0.4, -0.2) is 18.1 Å². The highest BCUT2D eigenvalue weighted by molar-refractivity contribution is 6.33. The molecule has 0 aliphatic carbocycles. The minimum Gasteiger partial charge on any atom is -0.409 e. The highest BCUT2D eigenvalue weighted by Gasteiger charge is 2.11. The van der Waals surface area contributed by atoms with Crippen molar-refractivity contribution in [2.24, 2.45) is 10.9 Å². The zero-order valence-electron chi connectivity index (χ0n) is 11.3. The van der Waals surface area contributed by atoms with Gasteiger partial charge in [-0.05, 0) is 36.8 Å². The third-order valence-electron chi connectivity index (χ3n) is 3.19. The van der Waals surface area contributed by atoms with Crippen LogP contribution >= 0.6 is 11.6 Å². The molecule has 0 aliphatic heterocycles. The first-order chi connectivity index (χ1) is 9.54. The summed E-state index contributed by atoms with van der Waals surface area (Å²) in [4.78, 5) is 2.01. The molecule has 2 aromatic rings. The molecule has 4 nitrogen and oxygen atoms in total. The molecule has 0 fully saturated rings. The van der Waals surface area contributed by atoms with Gasteiger partial charge < -0.3 is 15.8 Å². The number of oxime groups is 1. The zero-order chi connectivity index (χ0) is 14.7. The summed E-state index contributed by atoms with van der Waals surface area (Å²) in [6.07, 6.45) is 0. The Balaban J connectivity index is 2.41. The van der Waals surface area contributed by atoms with Gasteiger partial charge in [0.2, 0.25) is 0 Å². The average molecular weight is 290 g/mol. The molecule has 0 aromatic heterocycles. The number of nitrogens with two attached hydrogens (primary N) is 1. The SMILES string of the molecule is Cc1ccccc1N(C)c1ccc(C(N)=NO)cc1Cl. The van der Waals surface area contributed by atoms with Crippen LogP contribution in [0.3, 0.4) is 0 Å². The van der Waals surface area contributed by atoms with Crippen molar-refractivity contribution in [3.05, 3.63) is 58.6 Å². The normalized spacial score (nSPS) is 11.4. The van der Waals surface area contributed by atoms with E-state index in [2.05, 4.69) is 5.16 Å². The molecule has 0 saturated carbocycles. The van der Waals surface area contributed by atoms with E-state index < -0.39 is 0 Å². The molecule has 0 heterocycles. The molecule has 0 radical (unpaired) electrons. The van der Waals surface area contributed by atoms with E-state index in [0.29, 0.717) is 10.6 Å². The van der Waals surface area contributed by atoms with Gasteiger partial charge in [-0.1, -0.05) is 35.0 Å². The largest absolute Gasteiger partial charge is 0.409 e. The van der Waals surface area contributed by atoms with E-state index in [9.17, 15) is 0 Å². The van der Waals surface area contributed by atoms with Crippen LogP contribution in [0.1, 0.15) is 11.1 Å². The highest BCUT2D eigenvalue weighted by Crippen LogP contribution is 2.32. The van der Waals surface area contributed by atoms with Gasteiger partial charge in [-0.3, -0.25) is 0 Å². The lowest BCUT2D eigenvalue weighted by Gasteiger charge is -2.23. The lowest BCUT2D eigenvalue weighted by Crippen LogP contribution is -2.15. The Kier molecular flexibility index (Phi) is 4.15. The second-order valence-corrected chi connectivity index (χ2v) is 4.90. The Morgan fingerprint density at radius 1 is 1.20 bits per heavy atom. The lowest BCUT2D eigenvalue weighted by atomic mass is 10.1. The first-order valence-corrected chi connectivity index (χ1v) is 6.49. The predicted octanol–water partition coefficient (Wildman–Crippen LogP) is 3.51. The van der Waals surface area contributed by atoms with Crippen molar-refractivity contribution >= 4 is 28.8 Å². The fourth-order valence-electron chi connectivity index (χ4n) is 2.07. The third-order valence-corrected chi connectivity index (χ3v) is 3.49. The Morgan fingerprint density at radius 3 is 2.50 bits per heavy atom. The Morgan fingerprint density at radius 2 is 1.90 bits per heavy atom. The van der Waals surface area contributed by atoms with Crippen LogP contribution in [0, 0.1) is 6.92 Å². The number of nitrogens with zero attached hydrogens (tertiary/aromatic N) is 2. The summed E-state index contributed by atoms with van der Waals surface area (Å²) in [6.45, 7) is 2.05. The standard InChI is InChI=1S/C15H16ClN3O/c1-10-5-3-4-6-13(10)19(2)14-8-7-11(9-12(14)16)15(17)18-20/h3-9,20H,1-2H3,(H2,17,18). The van der Waals surface area contributed by atoms with Crippen molar-refractivity contribution in [2.75, 3.05) is 11.9 Å².